The predicted molar refractivity (Wildman–Crippen MR) is 80.2 cm³/mol. The number of nitrogens with one attached hydrogen (secondary N) is 1. The summed E-state index contributed by atoms with van der Waals surface area (Å²) in [6.45, 7) is 2.22. The molecule has 1 N–H and O–H groups in total. The lowest BCUT2D eigenvalue weighted by Crippen LogP contribution is -2.47. The van der Waals surface area contributed by atoms with Crippen molar-refractivity contribution >= 4 is 17.7 Å². The lowest BCUT2D eigenvalue weighted by Gasteiger charge is -2.37. The van der Waals surface area contributed by atoms with Gasteiger partial charge in [0.2, 0.25) is 5.91 Å². The van der Waals surface area contributed by atoms with Gasteiger partial charge in [0.05, 0.1) is 11.7 Å². The van der Waals surface area contributed by atoms with Gasteiger partial charge in [0.1, 0.15) is 0 Å². The van der Waals surface area contributed by atoms with E-state index in [-0.39, 0.29) is 5.54 Å². The van der Waals surface area contributed by atoms with Crippen LogP contribution in [0.3, 0.4) is 0 Å². The second-order valence-electron chi connectivity index (χ2n) is 6.42. The van der Waals surface area contributed by atoms with Crippen molar-refractivity contribution in [1.29, 1.82) is 0 Å². The molecular formula is C15H26N2OS. The Hall–Kier alpha value is -0.220. The van der Waals surface area contributed by atoms with Crippen molar-refractivity contribution in [2.75, 3.05) is 6.26 Å². The first kappa shape index (κ1) is 13.7. The van der Waals surface area contributed by atoms with E-state index in [4.69, 9.17) is 0 Å². The van der Waals surface area contributed by atoms with Crippen molar-refractivity contribution in [2.24, 2.45) is 0 Å². The van der Waals surface area contributed by atoms with Gasteiger partial charge in [-0.05, 0) is 44.8 Å². The van der Waals surface area contributed by atoms with Crippen molar-refractivity contribution in [3.63, 3.8) is 0 Å². The van der Waals surface area contributed by atoms with Gasteiger partial charge in [-0.1, -0.05) is 19.8 Å². The van der Waals surface area contributed by atoms with E-state index in [2.05, 4.69) is 23.4 Å². The molecule has 1 amide bonds. The Balaban J connectivity index is 1.74. The van der Waals surface area contributed by atoms with Crippen molar-refractivity contribution in [3.8, 4) is 0 Å². The van der Waals surface area contributed by atoms with Crippen LogP contribution in [-0.4, -0.2) is 40.1 Å². The summed E-state index contributed by atoms with van der Waals surface area (Å²) in [5.41, 5.74) is -0.133. The van der Waals surface area contributed by atoms with E-state index < -0.39 is 0 Å². The van der Waals surface area contributed by atoms with Gasteiger partial charge in [-0.3, -0.25) is 10.1 Å². The van der Waals surface area contributed by atoms with Crippen LogP contribution in [0.15, 0.2) is 0 Å². The molecule has 1 heterocycles. The monoisotopic (exact) mass is 282 g/mol. The molecule has 0 aromatic heterocycles. The molecule has 0 bridgehead atoms. The fourth-order valence-electron chi connectivity index (χ4n) is 3.81. The largest absolute Gasteiger partial charge is 0.323 e. The van der Waals surface area contributed by atoms with E-state index in [0.29, 0.717) is 18.1 Å². The Morgan fingerprint density at radius 1 is 1.42 bits per heavy atom. The summed E-state index contributed by atoms with van der Waals surface area (Å²) < 4.78 is 0. The van der Waals surface area contributed by atoms with Gasteiger partial charge in [-0.25, -0.2) is 0 Å². The molecule has 1 saturated heterocycles. The van der Waals surface area contributed by atoms with Gasteiger partial charge in [0.25, 0.3) is 0 Å². The number of carbonyl (C=O) groups excluding carboxylic acids is 1. The van der Waals surface area contributed by atoms with Crippen LogP contribution in [0.25, 0.3) is 0 Å². The standard InChI is InChI=1S/C15H26N2OS/c1-3-5-13-16-15(8-9-15)14(18)17(13)11-6-4-7-12(10-11)19-2/h11-13,16H,3-10H2,1-2H3. The number of carbonyl (C=O) groups is 1. The number of rotatable bonds is 4. The third-order valence-corrected chi connectivity index (χ3v) is 6.15. The van der Waals surface area contributed by atoms with Gasteiger partial charge in [0.15, 0.2) is 0 Å². The molecule has 3 fully saturated rings. The van der Waals surface area contributed by atoms with E-state index in [9.17, 15) is 4.79 Å². The maximum Gasteiger partial charge on any atom is 0.244 e. The molecule has 3 rings (SSSR count). The fraction of sp³-hybridized carbons (Fsp3) is 0.933. The molecule has 3 unspecified atom stereocenters. The quantitative estimate of drug-likeness (QED) is 0.860. The first-order valence-electron chi connectivity index (χ1n) is 7.83. The Morgan fingerprint density at radius 2 is 2.21 bits per heavy atom. The minimum atomic E-state index is -0.133. The zero-order valence-corrected chi connectivity index (χ0v) is 13.0. The first-order chi connectivity index (χ1) is 9.20. The van der Waals surface area contributed by atoms with Crippen molar-refractivity contribution < 1.29 is 4.79 Å². The normalized spacial score (nSPS) is 37.1. The van der Waals surface area contributed by atoms with E-state index in [0.717, 1.165) is 30.9 Å². The summed E-state index contributed by atoms with van der Waals surface area (Å²) in [5, 5.41) is 4.40. The summed E-state index contributed by atoms with van der Waals surface area (Å²) in [6.07, 6.45) is 11.9. The average Bonchev–Trinajstić information content (AvgIpc) is 3.14. The second-order valence-corrected chi connectivity index (χ2v) is 7.56. The SMILES string of the molecule is CCCC1NC2(CC2)C(=O)N1C1CCCC(SC)C1. The molecule has 108 valence electrons. The maximum absolute atomic E-state index is 12.7. The average molecular weight is 282 g/mol. The molecule has 2 aliphatic carbocycles. The first-order valence-corrected chi connectivity index (χ1v) is 9.12. The minimum absolute atomic E-state index is 0.133. The highest BCUT2D eigenvalue weighted by atomic mass is 32.2. The molecule has 0 aromatic carbocycles. The van der Waals surface area contributed by atoms with Crippen molar-refractivity contribution in [3.05, 3.63) is 0 Å². The Labute approximate surface area is 120 Å². The summed E-state index contributed by atoms with van der Waals surface area (Å²) in [4.78, 5) is 15.0. The van der Waals surface area contributed by atoms with Crippen LogP contribution in [0.5, 0.6) is 0 Å². The highest BCUT2D eigenvalue weighted by molar-refractivity contribution is 7.99. The molecule has 0 radical (unpaired) electrons. The molecule has 1 spiro atoms. The number of hydrogen-bond acceptors (Lipinski definition) is 3. The molecule has 0 aromatic rings. The molecular weight excluding hydrogens is 256 g/mol. The number of amides is 1. The van der Waals surface area contributed by atoms with Gasteiger partial charge >= 0.3 is 0 Å². The zero-order chi connectivity index (χ0) is 13.5. The van der Waals surface area contributed by atoms with E-state index in [1.165, 1.54) is 25.7 Å². The van der Waals surface area contributed by atoms with Crippen LogP contribution in [0.1, 0.15) is 58.3 Å². The van der Waals surface area contributed by atoms with Crippen LogP contribution < -0.4 is 5.32 Å². The van der Waals surface area contributed by atoms with Gasteiger partial charge in [-0.2, -0.15) is 11.8 Å². The highest BCUT2D eigenvalue weighted by Gasteiger charge is 2.60. The number of nitrogens with zero attached hydrogens (tertiary/aromatic N) is 1. The van der Waals surface area contributed by atoms with Gasteiger partial charge in [0, 0.05) is 11.3 Å². The van der Waals surface area contributed by atoms with Crippen LogP contribution in [0.2, 0.25) is 0 Å². The third-order valence-electron chi connectivity index (χ3n) is 5.06. The van der Waals surface area contributed by atoms with E-state index in [1.807, 2.05) is 11.8 Å². The lowest BCUT2D eigenvalue weighted by molar-refractivity contribution is -0.133. The van der Waals surface area contributed by atoms with Crippen LogP contribution >= 0.6 is 11.8 Å². The molecule has 3 nitrogen and oxygen atoms in total. The molecule has 19 heavy (non-hydrogen) atoms. The fourth-order valence-corrected chi connectivity index (χ4v) is 4.63. The Kier molecular flexibility index (Phi) is 3.82. The molecule has 4 heteroatoms. The topological polar surface area (TPSA) is 32.3 Å². The molecule has 3 atom stereocenters. The van der Waals surface area contributed by atoms with Crippen LogP contribution in [0, 0.1) is 0 Å². The summed E-state index contributed by atoms with van der Waals surface area (Å²) in [5.74, 6) is 0.415. The Bertz CT molecular complexity index is 356. The second kappa shape index (κ2) is 5.28. The number of hydrogen-bond donors (Lipinski definition) is 1. The number of thioether (sulfide) groups is 1. The van der Waals surface area contributed by atoms with Gasteiger partial charge < -0.3 is 4.90 Å². The van der Waals surface area contributed by atoms with Gasteiger partial charge in [-0.15, -0.1) is 0 Å². The maximum atomic E-state index is 12.7. The zero-order valence-electron chi connectivity index (χ0n) is 12.2. The molecule has 2 saturated carbocycles. The Morgan fingerprint density at radius 3 is 2.84 bits per heavy atom. The minimum Gasteiger partial charge on any atom is -0.323 e. The molecule has 3 aliphatic rings. The van der Waals surface area contributed by atoms with E-state index in [1.54, 1.807) is 0 Å². The van der Waals surface area contributed by atoms with E-state index >= 15 is 0 Å². The van der Waals surface area contributed by atoms with Crippen LogP contribution in [-0.2, 0) is 4.79 Å². The van der Waals surface area contributed by atoms with Crippen molar-refractivity contribution in [2.45, 2.75) is 81.3 Å². The predicted octanol–water partition coefficient (Wildman–Crippen LogP) is 2.75. The van der Waals surface area contributed by atoms with Crippen LogP contribution in [0.4, 0.5) is 0 Å². The lowest BCUT2D eigenvalue weighted by atomic mass is 9.93. The third kappa shape index (κ3) is 2.42. The smallest absolute Gasteiger partial charge is 0.244 e. The highest BCUT2D eigenvalue weighted by Crippen LogP contribution is 2.45. The molecule has 1 aliphatic heterocycles. The summed E-state index contributed by atoms with van der Waals surface area (Å²) in [6, 6.07) is 0.489. The summed E-state index contributed by atoms with van der Waals surface area (Å²) >= 11 is 1.98. The van der Waals surface area contributed by atoms with Crippen molar-refractivity contribution in [1.82, 2.24) is 10.2 Å². The summed E-state index contributed by atoms with van der Waals surface area (Å²) in [7, 11) is 0.